The van der Waals surface area contributed by atoms with Gasteiger partial charge in [-0.1, -0.05) is 36.9 Å². The minimum atomic E-state index is -0.973. The van der Waals surface area contributed by atoms with E-state index in [4.69, 9.17) is 9.47 Å². The van der Waals surface area contributed by atoms with E-state index >= 15 is 0 Å². The van der Waals surface area contributed by atoms with Crippen LogP contribution in [0.1, 0.15) is 15.9 Å². The number of nitrogens with zero attached hydrogens (tertiary/aromatic N) is 2. The topological polar surface area (TPSA) is 109 Å². The Morgan fingerprint density at radius 2 is 1.78 bits per heavy atom. The highest BCUT2D eigenvalue weighted by atomic mass is 16.5. The molecule has 2 N–H and O–H groups in total. The zero-order chi connectivity index (χ0) is 22.8. The van der Waals surface area contributed by atoms with Crippen molar-refractivity contribution in [1.29, 1.82) is 0 Å². The highest BCUT2D eigenvalue weighted by molar-refractivity contribution is 6.40. The molecule has 0 radical (unpaired) electrons. The van der Waals surface area contributed by atoms with Crippen LogP contribution in [0.15, 0.2) is 66.3 Å². The van der Waals surface area contributed by atoms with Crippen molar-refractivity contribution in [3.8, 4) is 5.75 Å². The second-order valence-corrected chi connectivity index (χ2v) is 6.74. The SMILES string of the molecule is C=CCOc1ccccc1/C=N\NC(=O)C(=O)Nc1ccccc1C(=O)N1CCOCC1. The number of anilines is 1. The van der Waals surface area contributed by atoms with Crippen LogP contribution in [0.5, 0.6) is 5.75 Å². The molecule has 1 heterocycles. The summed E-state index contributed by atoms with van der Waals surface area (Å²) in [4.78, 5) is 38.9. The third-order valence-electron chi connectivity index (χ3n) is 4.56. The first-order chi connectivity index (χ1) is 15.6. The maximum Gasteiger partial charge on any atom is 0.329 e. The average Bonchev–Trinajstić information content (AvgIpc) is 2.83. The summed E-state index contributed by atoms with van der Waals surface area (Å²) < 4.78 is 10.8. The van der Waals surface area contributed by atoms with Gasteiger partial charge < -0.3 is 19.7 Å². The Kier molecular flexibility index (Phi) is 8.10. The number of nitrogens with one attached hydrogen (secondary N) is 2. The predicted octanol–water partition coefficient (Wildman–Crippen LogP) is 1.81. The fraction of sp³-hybridized carbons (Fsp3) is 0.217. The van der Waals surface area contributed by atoms with Gasteiger partial charge in [0, 0.05) is 18.7 Å². The number of para-hydroxylation sites is 2. The number of amides is 3. The number of hydrogen-bond acceptors (Lipinski definition) is 6. The van der Waals surface area contributed by atoms with Gasteiger partial charge >= 0.3 is 11.8 Å². The van der Waals surface area contributed by atoms with E-state index in [0.29, 0.717) is 49.8 Å². The lowest BCUT2D eigenvalue weighted by Crippen LogP contribution is -2.41. The first-order valence-corrected chi connectivity index (χ1v) is 10.0. The van der Waals surface area contributed by atoms with E-state index in [1.54, 1.807) is 59.5 Å². The maximum atomic E-state index is 12.8. The Morgan fingerprint density at radius 3 is 2.56 bits per heavy atom. The van der Waals surface area contributed by atoms with Crippen molar-refractivity contribution < 1.29 is 23.9 Å². The molecule has 0 atom stereocenters. The van der Waals surface area contributed by atoms with Gasteiger partial charge in [-0.3, -0.25) is 14.4 Å². The highest BCUT2D eigenvalue weighted by Gasteiger charge is 2.22. The van der Waals surface area contributed by atoms with Crippen molar-refractivity contribution in [3.05, 3.63) is 72.3 Å². The Balaban J connectivity index is 1.62. The number of morpholine rings is 1. The second kappa shape index (κ2) is 11.4. The number of carbonyl (C=O) groups excluding carboxylic acids is 3. The van der Waals surface area contributed by atoms with Crippen LogP contribution in [0, 0.1) is 0 Å². The van der Waals surface area contributed by atoms with Crippen molar-refractivity contribution >= 4 is 29.6 Å². The van der Waals surface area contributed by atoms with Crippen molar-refractivity contribution in [2.24, 2.45) is 5.10 Å². The number of hydrogen-bond donors (Lipinski definition) is 2. The molecular weight excluding hydrogens is 412 g/mol. The number of ether oxygens (including phenoxy) is 2. The summed E-state index contributed by atoms with van der Waals surface area (Å²) in [6, 6.07) is 13.6. The Morgan fingerprint density at radius 1 is 1.06 bits per heavy atom. The Labute approximate surface area is 185 Å². The molecule has 0 spiro atoms. The molecular formula is C23H24N4O5. The van der Waals surface area contributed by atoms with Crippen LogP contribution < -0.4 is 15.5 Å². The van der Waals surface area contributed by atoms with Gasteiger partial charge in [0.1, 0.15) is 12.4 Å². The molecule has 3 rings (SSSR count). The summed E-state index contributed by atoms with van der Waals surface area (Å²) in [5.41, 5.74) is 3.34. The van der Waals surface area contributed by atoms with Crippen LogP contribution in [-0.2, 0) is 14.3 Å². The lowest BCUT2D eigenvalue weighted by molar-refractivity contribution is -0.136. The molecule has 2 aromatic rings. The van der Waals surface area contributed by atoms with Crippen LogP contribution >= 0.6 is 0 Å². The van der Waals surface area contributed by atoms with Crippen LogP contribution in [0.2, 0.25) is 0 Å². The summed E-state index contributed by atoms with van der Waals surface area (Å²) >= 11 is 0. The molecule has 0 bridgehead atoms. The minimum Gasteiger partial charge on any atom is -0.489 e. The molecule has 166 valence electrons. The average molecular weight is 436 g/mol. The van der Waals surface area contributed by atoms with Crippen LogP contribution in [0.25, 0.3) is 0 Å². The molecule has 1 saturated heterocycles. The summed E-state index contributed by atoms with van der Waals surface area (Å²) in [5.74, 6) is -1.59. The standard InChI is InChI=1S/C23H24N4O5/c1-2-13-32-20-10-6-3-7-17(20)16-24-26-22(29)21(28)25-19-9-5-4-8-18(19)23(30)27-11-14-31-15-12-27/h2-10,16H,1,11-15H2,(H,25,28)(H,26,29)/b24-16-. The largest absolute Gasteiger partial charge is 0.489 e. The Bertz CT molecular complexity index is 1010. The van der Waals surface area contributed by atoms with Gasteiger partial charge in [-0.15, -0.1) is 0 Å². The molecule has 0 unspecified atom stereocenters. The first kappa shape index (κ1) is 22.7. The van der Waals surface area contributed by atoms with Crippen molar-refractivity contribution in [2.45, 2.75) is 0 Å². The number of benzene rings is 2. The van der Waals surface area contributed by atoms with Gasteiger partial charge in [-0.25, -0.2) is 5.43 Å². The van der Waals surface area contributed by atoms with Crippen molar-refractivity contribution in [3.63, 3.8) is 0 Å². The number of carbonyl (C=O) groups is 3. The molecule has 1 fully saturated rings. The first-order valence-electron chi connectivity index (χ1n) is 10.0. The van der Waals surface area contributed by atoms with Crippen LogP contribution in [-0.4, -0.2) is 61.7 Å². The number of hydrazone groups is 1. The van der Waals surface area contributed by atoms with E-state index in [1.807, 2.05) is 0 Å². The Hall–Kier alpha value is -3.98. The molecule has 32 heavy (non-hydrogen) atoms. The number of rotatable bonds is 7. The summed E-state index contributed by atoms with van der Waals surface area (Å²) in [6.45, 7) is 5.77. The van der Waals surface area contributed by atoms with Gasteiger partial charge in [-0.2, -0.15) is 5.10 Å². The summed E-state index contributed by atoms with van der Waals surface area (Å²) in [5, 5.41) is 6.30. The monoisotopic (exact) mass is 436 g/mol. The van der Waals surface area contributed by atoms with E-state index in [2.05, 4.69) is 22.4 Å². The smallest absolute Gasteiger partial charge is 0.329 e. The molecule has 0 saturated carbocycles. The highest BCUT2D eigenvalue weighted by Crippen LogP contribution is 2.18. The second-order valence-electron chi connectivity index (χ2n) is 6.74. The normalized spacial score (nSPS) is 13.4. The zero-order valence-electron chi connectivity index (χ0n) is 17.5. The fourth-order valence-electron chi connectivity index (χ4n) is 2.97. The van der Waals surface area contributed by atoms with Gasteiger partial charge in [0.25, 0.3) is 5.91 Å². The maximum absolute atomic E-state index is 12.8. The molecule has 2 aromatic carbocycles. The zero-order valence-corrected chi connectivity index (χ0v) is 17.5. The van der Waals surface area contributed by atoms with Gasteiger partial charge in [-0.05, 0) is 24.3 Å². The van der Waals surface area contributed by atoms with Crippen molar-refractivity contribution in [1.82, 2.24) is 10.3 Å². The van der Waals surface area contributed by atoms with Crippen LogP contribution in [0.3, 0.4) is 0 Å². The van der Waals surface area contributed by atoms with E-state index in [0.717, 1.165) is 0 Å². The van der Waals surface area contributed by atoms with Gasteiger partial charge in [0.05, 0.1) is 30.7 Å². The molecule has 1 aliphatic rings. The van der Waals surface area contributed by atoms with Gasteiger partial charge in [0.2, 0.25) is 0 Å². The molecule has 0 aromatic heterocycles. The molecule has 1 aliphatic heterocycles. The van der Waals surface area contributed by atoms with E-state index in [1.165, 1.54) is 6.21 Å². The van der Waals surface area contributed by atoms with Gasteiger partial charge in [0.15, 0.2) is 0 Å². The quantitative estimate of drug-likeness (QED) is 0.298. The molecule has 9 nitrogen and oxygen atoms in total. The lowest BCUT2D eigenvalue weighted by Gasteiger charge is -2.27. The summed E-state index contributed by atoms with van der Waals surface area (Å²) in [6.07, 6.45) is 2.99. The van der Waals surface area contributed by atoms with E-state index in [9.17, 15) is 14.4 Å². The molecule has 3 amide bonds. The van der Waals surface area contributed by atoms with Crippen molar-refractivity contribution in [2.75, 3.05) is 38.2 Å². The lowest BCUT2D eigenvalue weighted by atomic mass is 10.1. The minimum absolute atomic E-state index is 0.237. The summed E-state index contributed by atoms with van der Waals surface area (Å²) in [7, 11) is 0. The molecule has 0 aliphatic carbocycles. The van der Waals surface area contributed by atoms with E-state index < -0.39 is 11.8 Å². The third kappa shape index (κ3) is 6.02. The predicted molar refractivity (Wildman–Crippen MR) is 120 cm³/mol. The van der Waals surface area contributed by atoms with E-state index in [-0.39, 0.29) is 11.6 Å². The van der Waals surface area contributed by atoms with Crippen LogP contribution in [0.4, 0.5) is 5.69 Å². The third-order valence-corrected chi connectivity index (χ3v) is 4.56. The molecule has 9 heteroatoms. The fourth-order valence-corrected chi connectivity index (χ4v) is 2.97.